The van der Waals surface area contributed by atoms with Gasteiger partial charge in [0.05, 0.1) is 12.7 Å². The van der Waals surface area contributed by atoms with Gasteiger partial charge in [0.25, 0.3) is 0 Å². The smallest absolute Gasteiger partial charge is 0.249 e. The number of ether oxygens (including phenoxy) is 3. The fourth-order valence-electron chi connectivity index (χ4n) is 2.10. The summed E-state index contributed by atoms with van der Waals surface area (Å²) in [5, 5.41) is 2.75. The number of amides is 1. The molecule has 0 spiro atoms. The lowest BCUT2D eigenvalue weighted by Gasteiger charge is -2.26. The molecule has 1 amide bonds. The molecular weight excluding hydrogens is 222 g/mol. The van der Waals surface area contributed by atoms with Crippen LogP contribution in [0.15, 0.2) is 0 Å². The molecule has 0 aromatic heterocycles. The molecule has 0 saturated carbocycles. The van der Waals surface area contributed by atoms with E-state index in [9.17, 15) is 4.79 Å². The number of carbonyl (C=O) groups excluding carboxylic acids is 1. The lowest BCUT2D eigenvalue weighted by atomic mass is 10.2. The van der Waals surface area contributed by atoms with Crippen LogP contribution in [-0.4, -0.2) is 44.2 Å². The lowest BCUT2D eigenvalue weighted by molar-refractivity contribution is -0.196. The summed E-state index contributed by atoms with van der Waals surface area (Å²) >= 11 is 0. The molecule has 0 radical (unpaired) electrons. The van der Waals surface area contributed by atoms with E-state index in [1.54, 1.807) is 0 Å². The second-order valence-electron chi connectivity index (χ2n) is 4.64. The quantitative estimate of drug-likeness (QED) is 0.777. The first-order chi connectivity index (χ1) is 8.25. The molecule has 98 valence electrons. The van der Waals surface area contributed by atoms with Crippen LogP contribution in [0.25, 0.3) is 0 Å². The predicted molar refractivity (Wildman–Crippen MR) is 61.5 cm³/mol. The van der Waals surface area contributed by atoms with Gasteiger partial charge in [-0.2, -0.15) is 0 Å². The minimum atomic E-state index is -0.298. The molecule has 17 heavy (non-hydrogen) atoms. The van der Waals surface area contributed by atoms with Crippen LogP contribution < -0.4 is 5.32 Å². The van der Waals surface area contributed by atoms with Gasteiger partial charge in [-0.1, -0.05) is 0 Å². The summed E-state index contributed by atoms with van der Waals surface area (Å²) in [4.78, 5) is 11.3. The van der Waals surface area contributed by atoms with Crippen LogP contribution in [0.3, 0.4) is 0 Å². The third-order valence-corrected chi connectivity index (χ3v) is 3.05. The fraction of sp³-hybridized carbons (Fsp3) is 0.917. The van der Waals surface area contributed by atoms with Crippen molar-refractivity contribution in [2.24, 2.45) is 0 Å². The number of hydrogen-bond acceptors (Lipinski definition) is 4. The van der Waals surface area contributed by atoms with Gasteiger partial charge in [0.1, 0.15) is 6.10 Å². The summed E-state index contributed by atoms with van der Waals surface area (Å²) in [5.74, 6) is -0.00823. The van der Waals surface area contributed by atoms with Crippen LogP contribution >= 0.6 is 0 Å². The van der Waals surface area contributed by atoms with E-state index in [1.165, 1.54) is 0 Å². The molecule has 0 aromatic carbocycles. The highest BCUT2D eigenvalue weighted by molar-refractivity contribution is 5.82. The van der Waals surface area contributed by atoms with E-state index in [0.29, 0.717) is 13.2 Å². The largest absolute Gasteiger partial charge is 0.366 e. The van der Waals surface area contributed by atoms with Crippen molar-refractivity contribution in [2.45, 2.75) is 51.1 Å². The monoisotopic (exact) mass is 243 g/mol. The number of hydrogen-bond donors (Lipinski definition) is 1. The predicted octanol–water partition coefficient (Wildman–Crippen LogP) is 0.823. The van der Waals surface area contributed by atoms with Gasteiger partial charge in [-0.05, 0) is 32.6 Å². The first kappa shape index (κ1) is 12.8. The van der Waals surface area contributed by atoms with E-state index in [-0.39, 0.29) is 24.4 Å². The Morgan fingerprint density at radius 3 is 3.00 bits per heavy atom. The third-order valence-electron chi connectivity index (χ3n) is 3.05. The van der Waals surface area contributed by atoms with Crippen molar-refractivity contribution in [3.05, 3.63) is 0 Å². The first-order valence-corrected chi connectivity index (χ1v) is 6.42. The molecule has 2 saturated heterocycles. The summed E-state index contributed by atoms with van der Waals surface area (Å²) in [5.41, 5.74) is 0. The molecule has 5 heteroatoms. The van der Waals surface area contributed by atoms with Gasteiger partial charge in [0.15, 0.2) is 6.29 Å². The molecule has 2 unspecified atom stereocenters. The van der Waals surface area contributed by atoms with Crippen molar-refractivity contribution < 1.29 is 19.0 Å². The minimum absolute atomic E-state index is 0.00823. The number of carbonyl (C=O) groups is 1. The average Bonchev–Trinajstić information content (AvgIpc) is 2.74. The van der Waals surface area contributed by atoms with Crippen molar-refractivity contribution in [2.75, 3.05) is 19.8 Å². The van der Waals surface area contributed by atoms with Crippen LogP contribution in [0.4, 0.5) is 0 Å². The maximum absolute atomic E-state index is 11.3. The highest BCUT2D eigenvalue weighted by atomic mass is 16.7. The Bertz CT molecular complexity index is 253. The Morgan fingerprint density at radius 2 is 2.35 bits per heavy atom. The Labute approximate surface area is 102 Å². The zero-order valence-corrected chi connectivity index (χ0v) is 10.3. The Kier molecular flexibility index (Phi) is 4.76. The SMILES string of the molecule is C[C@@H](COC1CCNC1=O)OC1CCCCO1. The van der Waals surface area contributed by atoms with Crippen molar-refractivity contribution in [1.29, 1.82) is 0 Å². The van der Waals surface area contributed by atoms with Gasteiger partial charge in [0.2, 0.25) is 5.91 Å². The second kappa shape index (κ2) is 6.33. The van der Waals surface area contributed by atoms with Crippen LogP contribution in [0.1, 0.15) is 32.6 Å². The van der Waals surface area contributed by atoms with Crippen molar-refractivity contribution in [3.63, 3.8) is 0 Å². The lowest BCUT2D eigenvalue weighted by Crippen LogP contribution is -2.32. The summed E-state index contributed by atoms with van der Waals surface area (Å²) in [6.45, 7) is 3.89. The highest BCUT2D eigenvalue weighted by Gasteiger charge is 2.26. The van der Waals surface area contributed by atoms with Gasteiger partial charge in [-0.15, -0.1) is 0 Å². The molecule has 2 aliphatic heterocycles. The standard InChI is InChI=1S/C12H21NO4/c1-9(17-11-4-2-3-7-15-11)8-16-10-5-6-13-12(10)14/h9-11H,2-8H2,1H3,(H,13,14)/t9-,10?,11?/m0/s1. The molecule has 3 atom stereocenters. The highest BCUT2D eigenvalue weighted by Crippen LogP contribution is 2.16. The van der Waals surface area contributed by atoms with E-state index < -0.39 is 0 Å². The molecule has 1 N–H and O–H groups in total. The molecule has 2 fully saturated rings. The Hall–Kier alpha value is -0.650. The zero-order valence-electron chi connectivity index (χ0n) is 10.3. The van der Waals surface area contributed by atoms with Crippen LogP contribution in [0.2, 0.25) is 0 Å². The topological polar surface area (TPSA) is 56.8 Å². The molecule has 2 rings (SSSR count). The first-order valence-electron chi connectivity index (χ1n) is 6.42. The van der Waals surface area contributed by atoms with E-state index in [2.05, 4.69) is 5.32 Å². The van der Waals surface area contributed by atoms with Gasteiger partial charge in [-0.25, -0.2) is 0 Å². The number of rotatable bonds is 5. The van der Waals surface area contributed by atoms with Gasteiger partial charge >= 0.3 is 0 Å². The molecule has 0 aliphatic carbocycles. The normalized spacial score (nSPS) is 31.2. The maximum atomic E-state index is 11.3. The van der Waals surface area contributed by atoms with Gasteiger partial charge in [-0.3, -0.25) is 4.79 Å². The molecule has 2 aliphatic rings. The van der Waals surface area contributed by atoms with Gasteiger partial charge < -0.3 is 19.5 Å². The Balaban J connectivity index is 1.62. The third kappa shape index (κ3) is 3.94. The van der Waals surface area contributed by atoms with E-state index in [1.807, 2.05) is 6.92 Å². The Morgan fingerprint density at radius 1 is 1.47 bits per heavy atom. The van der Waals surface area contributed by atoms with Crippen molar-refractivity contribution in [1.82, 2.24) is 5.32 Å². The fourth-order valence-corrected chi connectivity index (χ4v) is 2.10. The molecule has 0 bridgehead atoms. The van der Waals surface area contributed by atoms with Crippen molar-refractivity contribution >= 4 is 5.91 Å². The molecule has 5 nitrogen and oxygen atoms in total. The molecule has 0 aromatic rings. The average molecular weight is 243 g/mol. The van der Waals surface area contributed by atoms with Crippen LogP contribution in [0.5, 0.6) is 0 Å². The second-order valence-corrected chi connectivity index (χ2v) is 4.64. The van der Waals surface area contributed by atoms with E-state index >= 15 is 0 Å². The summed E-state index contributed by atoms with van der Waals surface area (Å²) < 4.78 is 16.7. The van der Waals surface area contributed by atoms with Crippen LogP contribution in [-0.2, 0) is 19.0 Å². The summed E-state index contributed by atoms with van der Waals surface area (Å²) in [6, 6.07) is 0. The van der Waals surface area contributed by atoms with E-state index in [4.69, 9.17) is 14.2 Å². The summed E-state index contributed by atoms with van der Waals surface area (Å²) in [7, 11) is 0. The summed E-state index contributed by atoms with van der Waals surface area (Å²) in [6.07, 6.45) is 3.55. The molecular formula is C12H21NO4. The zero-order chi connectivity index (χ0) is 12.1. The van der Waals surface area contributed by atoms with E-state index in [0.717, 1.165) is 32.3 Å². The van der Waals surface area contributed by atoms with Crippen LogP contribution in [0, 0.1) is 0 Å². The minimum Gasteiger partial charge on any atom is -0.366 e. The maximum Gasteiger partial charge on any atom is 0.249 e. The molecule has 2 heterocycles. The van der Waals surface area contributed by atoms with Crippen molar-refractivity contribution in [3.8, 4) is 0 Å². The van der Waals surface area contributed by atoms with Gasteiger partial charge in [0, 0.05) is 13.2 Å². The number of nitrogens with one attached hydrogen (secondary N) is 1.